The fourth-order valence-corrected chi connectivity index (χ4v) is 4.06. The molecule has 0 radical (unpaired) electrons. The van der Waals surface area contributed by atoms with Crippen molar-refractivity contribution >= 4 is 79.4 Å². The summed E-state index contributed by atoms with van der Waals surface area (Å²) in [4.78, 5) is 12.4. The number of nitrogens with zero attached hydrogens (tertiary/aromatic N) is 2. The molecule has 136 valence electrons. The molecule has 2 aromatic carbocycles. The summed E-state index contributed by atoms with van der Waals surface area (Å²) in [6.07, 6.45) is 1.45. The molecule has 0 aromatic heterocycles. The van der Waals surface area contributed by atoms with Crippen molar-refractivity contribution in [3.05, 3.63) is 59.6 Å². The molecule has 0 heterocycles. The van der Waals surface area contributed by atoms with E-state index in [9.17, 15) is 10.1 Å². The fraction of sp³-hybridized carbons (Fsp3) is 0.0556. The molecule has 9 heteroatoms. The van der Waals surface area contributed by atoms with Gasteiger partial charge in [-0.1, -0.05) is 23.2 Å². The van der Waals surface area contributed by atoms with E-state index in [-0.39, 0.29) is 12.2 Å². The third-order valence-electron chi connectivity index (χ3n) is 3.16. The Morgan fingerprint density at radius 1 is 1.26 bits per heavy atom. The number of nitrogens with one attached hydrogen (secondary N) is 1. The summed E-state index contributed by atoms with van der Waals surface area (Å²) in [7, 11) is 0. The van der Waals surface area contributed by atoms with Gasteiger partial charge in [-0.15, -0.1) is 0 Å². The van der Waals surface area contributed by atoms with Gasteiger partial charge in [0.15, 0.2) is 6.61 Å². The lowest BCUT2D eigenvalue weighted by molar-refractivity contribution is -0.112. The van der Waals surface area contributed by atoms with E-state index in [1.54, 1.807) is 24.3 Å². The lowest BCUT2D eigenvalue weighted by Crippen LogP contribution is -2.13. The number of halogens is 4. The van der Waals surface area contributed by atoms with Crippen LogP contribution in [-0.4, -0.2) is 12.5 Å². The van der Waals surface area contributed by atoms with Crippen molar-refractivity contribution in [2.24, 2.45) is 0 Å². The molecular formula is C18H9BrCl2IN3O2. The van der Waals surface area contributed by atoms with Crippen LogP contribution in [0.15, 0.2) is 40.4 Å². The number of hydrogen-bond acceptors (Lipinski definition) is 4. The van der Waals surface area contributed by atoms with E-state index >= 15 is 0 Å². The monoisotopic (exact) mass is 575 g/mol. The number of carbonyl (C=O) groups excluding carboxylic acids is 1. The van der Waals surface area contributed by atoms with Gasteiger partial charge < -0.3 is 10.1 Å². The van der Waals surface area contributed by atoms with Gasteiger partial charge in [0.25, 0.3) is 5.91 Å². The van der Waals surface area contributed by atoms with Gasteiger partial charge in [0.2, 0.25) is 0 Å². The third kappa shape index (κ3) is 5.85. The maximum Gasteiger partial charge on any atom is 0.266 e. The molecule has 2 rings (SSSR count). The van der Waals surface area contributed by atoms with E-state index < -0.39 is 5.91 Å². The number of amides is 1. The summed E-state index contributed by atoms with van der Waals surface area (Å²) in [6, 6.07) is 11.8. The fourth-order valence-electron chi connectivity index (χ4n) is 1.99. The molecule has 0 saturated heterocycles. The van der Waals surface area contributed by atoms with Crippen LogP contribution in [0, 0.1) is 26.2 Å². The smallest absolute Gasteiger partial charge is 0.266 e. The number of ether oxygens (including phenoxy) is 1. The van der Waals surface area contributed by atoms with E-state index in [0.29, 0.717) is 31.5 Å². The Balaban J connectivity index is 2.27. The van der Waals surface area contributed by atoms with Crippen LogP contribution in [0.2, 0.25) is 10.0 Å². The van der Waals surface area contributed by atoms with Gasteiger partial charge in [0.05, 0.1) is 18.1 Å². The molecular weight excluding hydrogens is 568 g/mol. The van der Waals surface area contributed by atoms with E-state index in [1.165, 1.54) is 12.1 Å². The third-order valence-corrected chi connectivity index (χ3v) is 5.28. The number of nitriles is 2. The highest BCUT2D eigenvalue weighted by atomic mass is 127. The van der Waals surface area contributed by atoms with Gasteiger partial charge in [-0.05, 0) is 80.5 Å². The summed E-state index contributed by atoms with van der Waals surface area (Å²) in [5.74, 6) is -0.0557. The van der Waals surface area contributed by atoms with Crippen LogP contribution in [0.4, 0.5) is 5.69 Å². The van der Waals surface area contributed by atoms with Crippen molar-refractivity contribution < 1.29 is 9.53 Å². The van der Waals surface area contributed by atoms with Gasteiger partial charge in [-0.2, -0.15) is 10.5 Å². The minimum Gasteiger partial charge on any atom is -0.476 e. The Morgan fingerprint density at radius 2 is 2.00 bits per heavy atom. The van der Waals surface area contributed by atoms with Crippen molar-refractivity contribution in [1.29, 1.82) is 10.5 Å². The predicted molar refractivity (Wildman–Crippen MR) is 117 cm³/mol. The SMILES string of the molecule is N#CCOc1c(Br)cc(/C=C(\C#N)C(=O)Nc2ccc(Cl)c(Cl)c2)cc1I. The molecule has 0 atom stereocenters. The maximum atomic E-state index is 12.4. The molecule has 0 aliphatic rings. The molecule has 0 aliphatic carbocycles. The number of anilines is 1. The summed E-state index contributed by atoms with van der Waals surface area (Å²) in [5.41, 5.74) is 0.956. The van der Waals surface area contributed by atoms with Crippen molar-refractivity contribution in [2.75, 3.05) is 11.9 Å². The molecule has 0 fully saturated rings. The van der Waals surface area contributed by atoms with Gasteiger partial charge in [0, 0.05) is 5.69 Å². The van der Waals surface area contributed by atoms with Crippen molar-refractivity contribution in [2.45, 2.75) is 0 Å². The molecule has 0 unspecified atom stereocenters. The second-order valence-corrected chi connectivity index (χ2v) is 7.84. The van der Waals surface area contributed by atoms with Crippen LogP contribution in [0.25, 0.3) is 6.08 Å². The molecule has 0 bridgehead atoms. The summed E-state index contributed by atoms with van der Waals surface area (Å²) < 4.78 is 6.68. The highest BCUT2D eigenvalue weighted by Crippen LogP contribution is 2.33. The molecule has 0 spiro atoms. The second kappa shape index (κ2) is 9.95. The Kier molecular flexibility index (Phi) is 7.93. The lowest BCUT2D eigenvalue weighted by atomic mass is 10.1. The Bertz CT molecular complexity index is 990. The van der Waals surface area contributed by atoms with Gasteiger partial charge in [-0.3, -0.25) is 4.79 Å². The van der Waals surface area contributed by atoms with Crippen LogP contribution in [-0.2, 0) is 4.79 Å². The normalized spacial score (nSPS) is 10.7. The van der Waals surface area contributed by atoms with Crippen LogP contribution >= 0.6 is 61.7 Å². The second-order valence-electron chi connectivity index (χ2n) is 5.01. The largest absolute Gasteiger partial charge is 0.476 e. The summed E-state index contributed by atoms with van der Waals surface area (Å²) in [6.45, 7) is -0.0840. The average molecular weight is 577 g/mol. The number of benzene rings is 2. The summed E-state index contributed by atoms with van der Waals surface area (Å²) in [5, 5.41) is 21.2. The Hall–Kier alpha value is -1.78. The van der Waals surface area contributed by atoms with Crippen LogP contribution in [0.1, 0.15) is 5.56 Å². The highest BCUT2D eigenvalue weighted by molar-refractivity contribution is 14.1. The van der Waals surface area contributed by atoms with E-state index in [4.69, 9.17) is 33.2 Å². The Morgan fingerprint density at radius 3 is 2.59 bits per heavy atom. The van der Waals surface area contributed by atoms with E-state index in [2.05, 4.69) is 21.2 Å². The quantitative estimate of drug-likeness (QED) is 0.277. The molecule has 2 aromatic rings. The molecule has 27 heavy (non-hydrogen) atoms. The standard InChI is InChI=1S/C18H9BrCl2IN3O2/c19-13-6-10(7-16(22)17(13)27-4-3-23)5-11(9-24)18(26)25-12-1-2-14(20)15(21)8-12/h1-2,5-8H,4H2,(H,25,26)/b11-5+. The van der Waals surface area contributed by atoms with Crippen molar-refractivity contribution in [3.63, 3.8) is 0 Å². The topological polar surface area (TPSA) is 85.9 Å². The van der Waals surface area contributed by atoms with E-state index in [0.717, 1.165) is 3.57 Å². The molecule has 5 nitrogen and oxygen atoms in total. The summed E-state index contributed by atoms with van der Waals surface area (Å²) >= 11 is 17.2. The van der Waals surface area contributed by atoms with Crippen LogP contribution in [0.5, 0.6) is 5.75 Å². The van der Waals surface area contributed by atoms with Crippen molar-refractivity contribution in [1.82, 2.24) is 0 Å². The molecule has 0 saturated carbocycles. The van der Waals surface area contributed by atoms with Crippen molar-refractivity contribution in [3.8, 4) is 17.9 Å². The first-order valence-corrected chi connectivity index (χ1v) is 9.85. The first kappa shape index (κ1) is 21.5. The maximum absolute atomic E-state index is 12.4. The zero-order valence-electron chi connectivity index (χ0n) is 13.4. The lowest BCUT2D eigenvalue weighted by Gasteiger charge is -2.09. The predicted octanol–water partition coefficient (Wildman–Crippen LogP) is 5.81. The van der Waals surface area contributed by atoms with Gasteiger partial charge in [0.1, 0.15) is 23.5 Å². The van der Waals surface area contributed by atoms with Crippen LogP contribution < -0.4 is 10.1 Å². The highest BCUT2D eigenvalue weighted by Gasteiger charge is 2.13. The zero-order valence-corrected chi connectivity index (χ0v) is 18.6. The number of carbonyl (C=O) groups is 1. The van der Waals surface area contributed by atoms with Gasteiger partial charge >= 0.3 is 0 Å². The number of hydrogen-bond donors (Lipinski definition) is 1. The minimum absolute atomic E-state index is 0.0840. The van der Waals surface area contributed by atoms with Gasteiger partial charge in [-0.25, -0.2) is 0 Å². The first-order chi connectivity index (χ1) is 12.8. The van der Waals surface area contributed by atoms with Crippen LogP contribution in [0.3, 0.4) is 0 Å². The molecule has 0 aliphatic heterocycles. The van der Waals surface area contributed by atoms with E-state index in [1.807, 2.05) is 34.7 Å². The molecule has 1 amide bonds. The molecule has 1 N–H and O–H groups in total. The zero-order chi connectivity index (χ0) is 20.0. The minimum atomic E-state index is -0.577. The average Bonchev–Trinajstić information content (AvgIpc) is 2.62. The first-order valence-electron chi connectivity index (χ1n) is 7.22. The number of rotatable bonds is 5. The Labute approximate surface area is 187 Å².